The lowest BCUT2D eigenvalue weighted by atomic mass is 10.6. The first-order valence-corrected chi connectivity index (χ1v) is 5.37. The molecule has 1 rings (SSSR count). The van der Waals surface area contributed by atoms with Crippen molar-refractivity contribution in [3.8, 4) is 0 Å². The van der Waals surface area contributed by atoms with E-state index in [4.69, 9.17) is 0 Å². The summed E-state index contributed by atoms with van der Waals surface area (Å²) in [5, 5.41) is 3.32. The van der Waals surface area contributed by atoms with Crippen LogP contribution in [0.15, 0.2) is 17.0 Å². The molecule has 7 heteroatoms. The van der Waals surface area contributed by atoms with Crippen molar-refractivity contribution in [1.29, 1.82) is 0 Å². The molecule has 0 atom stereocenters. The van der Waals surface area contributed by atoms with Crippen LogP contribution in [0.2, 0.25) is 0 Å². The quantitative estimate of drug-likeness (QED) is 0.793. The molecule has 0 spiro atoms. The second-order valence-corrected chi connectivity index (χ2v) is 4.76. The molecule has 11 heavy (non-hydrogen) atoms. The fraction of sp³-hybridized carbons (Fsp3) is 0.250. The van der Waals surface area contributed by atoms with Gasteiger partial charge in [-0.15, -0.1) is 0 Å². The van der Waals surface area contributed by atoms with Gasteiger partial charge in [0.05, 0.1) is 6.20 Å². The van der Waals surface area contributed by atoms with E-state index in [0.717, 1.165) is 0 Å². The van der Waals surface area contributed by atoms with E-state index in [1.807, 2.05) is 0 Å². The number of hydrogen-bond acceptors (Lipinski definition) is 4. The highest BCUT2D eigenvalue weighted by molar-refractivity contribution is 9.10. The molecule has 0 unspecified atom stereocenters. The molecular formula is C4H5BrN2O3S. The maximum absolute atomic E-state index is 10.8. The van der Waals surface area contributed by atoms with Crippen molar-refractivity contribution in [3.05, 3.63) is 12.5 Å². The minimum atomic E-state index is -3.28. The molecule has 1 N–H and O–H groups in total. The highest BCUT2D eigenvalue weighted by Gasteiger charge is 2.07. The average molecular weight is 241 g/mol. The third kappa shape index (κ3) is 2.51. The van der Waals surface area contributed by atoms with Gasteiger partial charge in [-0.1, -0.05) is 21.1 Å². The van der Waals surface area contributed by atoms with Gasteiger partial charge in [-0.2, -0.15) is 0 Å². The monoisotopic (exact) mass is 240 g/mol. The van der Waals surface area contributed by atoms with Crippen LogP contribution >= 0.6 is 15.9 Å². The van der Waals surface area contributed by atoms with Crippen LogP contribution in [0.25, 0.3) is 0 Å². The van der Waals surface area contributed by atoms with Crippen molar-refractivity contribution in [1.82, 2.24) is 5.16 Å². The van der Waals surface area contributed by atoms with Gasteiger partial charge in [0.15, 0.2) is 0 Å². The summed E-state index contributed by atoms with van der Waals surface area (Å²) in [7, 11) is -3.28. The lowest BCUT2D eigenvalue weighted by Gasteiger charge is -1.98. The van der Waals surface area contributed by atoms with Crippen molar-refractivity contribution in [2.75, 3.05) is 9.38 Å². The molecule has 0 aromatic carbocycles. The minimum absolute atomic E-state index is 0.148. The van der Waals surface area contributed by atoms with Crippen molar-refractivity contribution in [2.24, 2.45) is 0 Å². The Kier molecular flexibility index (Phi) is 2.50. The third-order valence-electron chi connectivity index (χ3n) is 0.849. The van der Waals surface area contributed by atoms with Gasteiger partial charge in [-0.3, -0.25) is 4.72 Å². The normalized spacial score (nSPS) is 11.4. The molecule has 0 saturated heterocycles. The number of nitrogens with one attached hydrogen (secondary N) is 1. The fourth-order valence-corrected chi connectivity index (χ4v) is 1.32. The number of aromatic nitrogens is 1. The van der Waals surface area contributed by atoms with Gasteiger partial charge in [-0.25, -0.2) is 8.42 Å². The first kappa shape index (κ1) is 8.54. The van der Waals surface area contributed by atoms with Crippen molar-refractivity contribution in [2.45, 2.75) is 0 Å². The maximum Gasteiger partial charge on any atom is 0.242 e. The standard InChI is InChI=1S/C4H5BrN2O3S/c5-3-11(8,9)7-4-1-6-10-2-4/h1-2,7H,3H2. The molecule has 0 aliphatic heterocycles. The molecule has 0 aliphatic rings. The second kappa shape index (κ2) is 3.22. The van der Waals surface area contributed by atoms with Gasteiger partial charge in [0.2, 0.25) is 10.0 Å². The van der Waals surface area contributed by atoms with E-state index in [0.29, 0.717) is 5.69 Å². The Balaban J connectivity index is 2.72. The van der Waals surface area contributed by atoms with E-state index in [9.17, 15) is 8.42 Å². The SMILES string of the molecule is O=S(=O)(CBr)Nc1cnoc1. The molecule has 0 bridgehead atoms. The van der Waals surface area contributed by atoms with E-state index in [2.05, 4.69) is 30.3 Å². The van der Waals surface area contributed by atoms with E-state index in [-0.39, 0.29) is 4.66 Å². The smallest absolute Gasteiger partial charge is 0.242 e. The molecule has 0 fully saturated rings. The fourth-order valence-electron chi connectivity index (χ4n) is 0.462. The number of alkyl halides is 1. The Morgan fingerprint density at radius 2 is 2.45 bits per heavy atom. The highest BCUT2D eigenvalue weighted by atomic mass is 79.9. The maximum atomic E-state index is 10.8. The summed E-state index contributed by atoms with van der Waals surface area (Å²) in [6.07, 6.45) is 2.49. The zero-order chi connectivity index (χ0) is 8.32. The van der Waals surface area contributed by atoms with E-state index in [1.54, 1.807) is 0 Å². The number of sulfonamides is 1. The first-order valence-electron chi connectivity index (χ1n) is 2.60. The Hall–Kier alpha value is -0.560. The Bertz CT molecular complexity index is 306. The van der Waals surface area contributed by atoms with Gasteiger partial charge in [0, 0.05) is 0 Å². The summed E-state index contributed by atoms with van der Waals surface area (Å²) in [6.45, 7) is 0. The number of nitrogens with zero attached hydrogens (tertiary/aromatic N) is 1. The largest absolute Gasteiger partial charge is 0.362 e. The number of halogens is 1. The molecule has 0 radical (unpaired) electrons. The highest BCUT2D eigenvalue weighted by Crippen LogP contribution is 2.07. The molecule has 0 aliphatic carbocycles. The number of hydrogen-bond donors (Lipinski definition) is 1. The summed E-state index contributed by atoms with van der Waals surface area (Å²) in [5.41, 5.74) is 0.324. The lowest BCUT2D eigenvalue weighted by molar-refractivity contribution is 0.420. The average Bonchev–Trinajstić information content (AvgIpc) is 2.39. The predicted molar refractivity (Wildman–Crippen MR) is 42.8 cm³/mol. The topological polar surface area (TPSA) is 72.2 Å². The first-order chi connectivity index (χ1) is 5.14. The number of anilines is 1. The van der Waals surface area contributed by atoms with Crippen LogP contribution < -0.4 is 4.72 Å². The van der Waals surface area contributed by atoms with Gasteiger partial charge in [-0.05, 0) is 0 Å². The lowest BCUT2D eigenvalue weighted by Crippen LogP contribution is -2.12. The van der Waals surface area contributed by atoms with Crippen LogP contribution in [-0.4, -0.2) is 18.2 Å². The van der Waals surface area contributed by atoms with Crippen molar-refractivity contribution < 1.29 is 12.9 Å². The van der Waals surface area contributed by atoms with Crippen LogP contribution in [0.3, 0.4) is 0 Å². The molecule has 1 heterocycles. The van der Waals surface area contributed by atoms with Crippen molar-refractivity contribution >= 4 is 31.6 Å². The molecule has 62 valence electrons. The van der Waals surface area contributed by atoms with Gasteiger partial charge in [0.1, 0.15) is 16.6 Å². The third-order valence-corrected chi connectivity index (χ3v) is 3.49. The zero-order valence-corrected chi connectivity index (χ0v) is 7.72. The minimum Gasteiger partial charge on any atom is -0.362 e. The molecule has 0 saturated carbocycles. The number of rotatable bonds is 3. The predicted octanol–water partition coefficient (Wildman–Crippen LogP) is 0.769. The van der Waals surface area contributed by atoms with E-state index < -0.39 is 10.0 Å². The van der Waals surface area contributed by atoms with Crippen LogP contribution in [0.5, 0.6) is 0 Å². The van der Waals surface area contributed by atoms with E-state index in [1.165, 1.54) is 12.5 Å². The van der Waals surface area contributed by atoms with Crippen molar-refractivity contribution in [3.63, 3.8) is 0 Å². The van der Waals surface area contributed by atoms with E-state index >= 15 is 0 Å². The summed E-state index contributed by atoms with van der Waals surface area (Å²) in [4.78, 5) is 0. The molecule has 0 amide bonds. The van der Waals surface area contributed by atoms with Crippen LogP contribution in [-0.2, 0) is 10.0 Å². The Labute approximate surface area is 71.9 Å². The Morgan fingerprint density at radius 1 is 1.73 bits per heavy atom. The summed E-state index contributed by atoms with van der Waals surface area (Å²) < 4.78 is 28.2. The van der Waals surface area contributed by atoms with Gasteiger partial charge < -0.3 is 4.52 Å². The van der Waals surface area contributed by atoms with Crippen LogP contribution in [0.4, 0.5) is 5.69 Å². The van der Waals surface area contributed by atoms with Crippen LogP contribution in [0, 0.1) is 0 Å². The molecule has 5 nitrogen and oxygen atoms in total. The summed E-state index contributed by atoms with van der Waals surface area (Å²) in [5.74, 6) is 0. The summed E-state index contributed by atoms with van der Waals surface area (Å²) >= 11 is 2.82. The molecule has 1 aromatic heterocycles. The molecule has 1 aromatic rings. The van der Waals surface area contributed by atoms with Gasteiger partial charge >= 0.3 is 0 Å². The second-order valence-electron chi connectivity index (χ2n) is 1.74. The molecular weight excluding hydrogens is 236 g/mol. The van der Waals surface area contributed by atoms with Crippen LogP contribution in [0.1, 0.15) is 0 Å². The Morgan fingerprint density at radius 3 is 2.91 bits per heavy atom. The van der Waals surface area contributed by atoms with Gasteiger partial charge in [0.25, 0.3) is 0 Å². The summed E-state index contributed by atoms with van der Waals surface area (Å²) in [6, 6.07) is 0. The zero-order valence-electron chi connectivity index (χ0n) is 5.32.